The molecule has 0 radical (unpaired) electrons. The van der Waals surface area contributed by atoms with E-state index in [1.807, 2.05) is 55.5 Å². The third-order valence-corrected chi connectivity index (χ3v) is 4.89. The van der Waals surface area contributed by atoms with Crippen LogP contribution in [-0.4, -0.2) is 21.8 Å². The average Bonchev–Trinajstić information content (AvgIpc) is 3.03. The fourth-order valence-corrected chi connectivity index (χ4v) is 3.39. The van der Waals surface area contributed by atoms with Gasteiger partial charge in [0, 0.05) is 11.1 Å². The summed E-state index contributed by atoms with van der Waals surface area (Å²) in [6.07, 6.45) is 0.909. The monoisotopic (exact) mass is 372 g/mol. The molecule has 6 heteroatoms. The van der Waals surface area contributed by atoms with Crippen molar-refractivity contribution in [3.05, 3.63) is 70.9 Å². The maximum Gasteiger partial charge on any atom is 0.267 e. The lowest BCUT2D eigenvalue weighted by molar-refractivity contribution is -0.116. The molecule has 3 aromatic rings. The topological polar surface area (TPSA) is 89.2 Å². The van der Waals surface area contributed by atoms with Gasteiger partial charge >= 0.3 is 0 Å². The number of carbonyl (C=O) groups is 2. The Morgan fingerprint density at radius 3 is 2.57 bits per heavy atom. The summed E-state index contributed by atoms with van der Waals surface area (Å²) in [5.41, 5.74) is 9.86. The number of benzene rings is 2. The summed E-state index contributed by atoms with van der Waals surface area (Å²) in [4.78, 5) is 35.4. The summed E-state index contributed by atoms with van der Waals surface area (Å²) in [5, 5.41) is 0. The highest BCUT2D eigenvalue weighted by Gasteiger charge is 2.35. The second-order valence-corrected chi connectivity index (χ2v) is 6.86. The molecule has 1 aromatic heterocycles. The van der Waals surface area contributed by atoms with Gasteiger partial charge in [-0.15, -0.1) is 0 Å². The van der Waals surface area contributed by atoms with Gasteiger partial charge in [0.1, 0.15) is 11.5 Å². The Labute approximate surface area is 163 Å². The van der Waals surface area contributed by atoms with Crippen LogP contribution in [0.5, 0.6) is 0 Å². The molecule has 0 saturated carbocycles. The van der Waals surface area contributed by atoms with Crippen LogP contribution in [0.1, 0.15) is 34.1 Å². The van der Waals surface area contributed by atoms with E-state index in [1.165, 1.54) is 0 Å². The number of primary amides is 1. The molecular weight excluding hydrogens is 352 g/mol. The highest BCUT2D eigenvalue weighted by molar-refractivity contribution is 6.09. The zero-order valence-electron chi connectivity index (χ0n) is 15.8. The first-order chi connectivity index (χ1) is 13.5. The van der Waals surface area contributed by atoms with E-state index in [2.05, 4.69) is 16.9 Å². The minimum Gasteiger partial charge on any atom is -0.364 e. The summed E-state index contributed by atoms with van der Waals surface area (Å²) < 4.78 is 0. The number of hydrogen-bond acceptors (Lipinski definition) is 4. The second kappa shape index (κ2) is 6.88. The van der Waals surface area contributed by atoms with Crippen LogP contribution in [0.2, 0.25) is 0 Å². The molecule has 1 aliphatic rings. The molecule has 0 aliphatic carbocycles. The van der Waals surface area contributed by atoms with Gasteiger partial charge in [0.05, 0.1) is 12.1 Å². The highest BCUT2D eigenvalue weighted by Crippen LogP contribution is 2.37. The quantitative estimate of drug-likeness (QED) is 0.761. The van der Waals surface area contributed by atoms with Crippen LogP contribution in [0.3, 0.4) is 0 Å². The van der Waals surface area contributed by atoms with Crippen molar-refractivity contribution in [2.45, 2.75) is 26.7 Å². The van der Waals surface area contributed by atoms with Crippen molar-refractivity contribution in [3.63, 3.8) is 0 Å². The molecule has 0 spiro atoms. The summed E-state index contributed by atoms with van der Waals surface area (Å²) in [7, 11) is 0. The smallest absolute Gasteiger partial charge is 0.267 e. The standard InChI is InChI=1S/C22H20N4O2/c1-3-14-5-4-6-16(11-14)26-18(27)12-17-19(20(23)28)24-21(25-22(17)26)15-9-7-13(2)8-10-15/h4-11H,3,12H2,1-2H3,(H2,23,28). The van der Waals surface area contributed by atoms with Gasteiger partial charge in [-0.2, -0.15) is 0 Å². The number of amides is 2. The van der Waals surface area contributed by atoms with E-state index in [-0.39, 0.29) is 18.0 Å². The molecule has 4 rings (SSSR count). The number of fused-ring (bicyclic) bond motifs is 1. The molecule has 0 unspecified atom stereocenters. The van der Waals surface area contributed by atoms with Gasteiger partial charge in [-0.05, 0) is 31.0 Å². The molecule has 2 N–H and O–H groups in total. The van der Waals surface area contributed by atoms with Crippen LogP contribution in [0, 0.1) is 6.92 Å². The number of nitrogens with two attached hydrogens (primary N) is 1. The van der Waals surface area contributed by atoms with E-state index in [9.17, 15) is 9.59 Å². The fraction of sp³-hybridized carbons (Fsp3) is 0.182. The third kappa shape index (κ3) is 3.03. The minimum absolute atomic E-state index is 0.0537. The Morgan fingerprint density at radius 2 is 1.89 bits per heavy atom. The van der Waals surface area contributed by atoms with Crippen LogP contribution in [0.4, 0.5) is 11.5 Å². The van der Waals surface area contributed by atoms with Crippen molar-refractivity contribution in [2.75, 3.05) is 4.90 Å². The summed E-state index contributed by atoms with van der Waals surface area (Å²) in [6.45, 7) is 4.05. The van der Waals surface area contributed by atoms with E-state index < -0.39 is 5.91 Å². The normalized spacial score (nSPS) is 12.9. The van der Waals surface area contributed by atoms with Crippen molar-refractivity contribution in [1.29, 1.82) is 0 Å². The Bertz CT molecular complexity index is 1090. The molecule has 28 heavy (non-hydrogen) atoms. The lowest BCUT2D eigenvalue weighted by Gasteiger charge is -2.18. The van der Waals surface area contributed by atoms with Crippen molar-refractivity contribution in [3.8, 4) is 11.4 Å². The molecule has 140 valence electrons. The van der Waals surface area contributed by atoms with Gasteiger partial charge < -0.3 is 5.73 Å². The molecule has 0 atom stereocenters. The molecule has 0 bridgehead atoms. The zero-order chi connectivity index (χ0) is 19.8. The molecule has 2 aromatic carbocycles. The number of nitrogens with zero attached hydrogens (tertiary/aromatic N) is 3. The first-order valence-electron chi connectivity index (χ1n) is 9.17. The van der Waals surface area contributed by atoms with Crippen LogP contribution in [0.15, 0.2) is 48.5 Å². The van der Waals surface area contributed by atoms with Crippen molar-refractivity contribution in [2.24, 2.45) is 5.73 Å². The largest absolute Gasteiger partial charge is 0.364 e. The highest BCUT2D eigenvalue weighted by atomic mass is 16.2. The second-order valence-electron chi connectivity index (χ2n) is 6.86. The van der Waals surface area contributed by atoms with Crippen molar-refractivity contribution in [1.82, 2.24) is 9.97 Å². The molecular formula is C22H20N4O2. The molecule has 0 fully saturated rings. The maximum atomic E-state index is 12.8. The SMILES string of the molecule is CCc1cccc(N2C(=O)Cc3c(C(N)=O)nc(-c4ccc(C)cc4)nc32)c1. The van der Waals surface area contributed by atoms with Crippen LogP contribution in [0.25, 0.3) is 11.4 Å². The number of anilines is 2. The first kappa shape index (κ1) is 17.9. The molecule has 6 nitrogen and oxygen atoms in total. The van der Waals surface area contributed by atoms with Gasteiger partial charge in [-0.1, -0.05) is 48.9 Å². The molecule has 2 amide bonds. The Morgan fingerprint density at radius 1 is 1.14 bits per heavy atom. The first-order valence-corrected chi connectivity index (χ1v) is 9.17. The van der Waals surface area contributed by atoms with Gasteiger partial charge in [-0.25, -0.2) is 9.97 Å². The zero-order valence-corrected chi connectivity index (χ0v) is 15.8. The predicted molar refractivity (Wildman–Crippen MR) is 107 cm³/mol. The Kier molecular flexibility index (Phi) is 4.39. The summed E-state index contributed by atoms with van der Waals surface area (Å²) >= 11 is 0. The van der Waals surface area contributed by atoms with Crippen LogP contribution < -0.4 is 10.6 Å². The average molecular weight is 372 g/mol. The number of aromatic nitrogens is 2. The lowest BCUT2D eigenvalue weighted by atomic mass is 10.1. The number of rotatable bonds is 4. The van der Waals surface area contributed by atoms with E-state index in [0.717, 1.165) is 28.8 Å². The van der Waals surface area contributed by atoms with Crippen molar-refractivity contribution < 1.29 is 9.59 Å². The van der Waals surface area contributed by atoms with E-state index in [1.54, 1.807) is 4.90 Å². The van der Waals surface area contributed by atoms with E-state index >= 15 is 0 Å². The lowest BCUT2D eigenvalue weighted by Crippen LogP contribution is -2.22. The Balaban J connectivity index is 1.91. The number of carbonyl (C=O) groups excluding carboxylic acids is 2. The molecule has 0 saturated heterocycles. The maximum absolute atomic E-state index is 12.8. The number of hydrogen-bond donors (Lipinski definition) is 1. The fourth-order valence-electron chi connectivity index (χ4n) is 3.39. The van der Waals surface area contributed by atoms with Crippen LogP contribution >= 0.6 is 0 Å². The van der Waals surface area contributed by atoms with Gasteiger partial charge in [0.25, 0.3) is 5.91 Å². The minimum atomic E-state index is -0.663. The van der Waals surface area contributed by atoms with Gasteiger partial charge in [0.15, 0.2) is 5.82 Å². The van der Waals surface area contributed by atoms with E-state index in [0.29, 0.717) is 17.2 Å². The van der Waals surface area contributed by atoms with Crippen molar-refractivity contribution >= 4 is 23.3 Å². The molecule has 2 heterocycles. The summed E-state index contributed by atoms with van der Waals surface area (Å²) in [5.74, 6) is -0.0124. The van der Waals surface area contributed by atoms with E-state index in [4.69, 9.17) is 5.73 Å². The predicted octanol–water partition coefficient (Wildman–Crippen LogP) is 3.33. The third-order valence-electron chi connectivity index (χ3n) is 4.89. The summed E-state index contributed by atoms with van der Waals surface area (Å²) in [6, 6.07) is 15.4. The Hall–Kier alpha value is -3.54. The van der Waals surface area contributed by atoms with Gasteiger partial charge in [0.2, 0.25) is 5.91 Å². The van der Waals surface area contributed by atoms with Crippen LogP contribution in [-0.2, 0) is 17.6 Å². The van der Waals surface area contributed by atoms with Gasteiger partial charge in [-0.3, -0.25) is 14.5 Å². The number of aryl methyl sites for hydroxylation is 2. The molecule has 1 aliphatic heterocycles.